The van der Waals surface area contributed by atoms with Crippen LogP contribution < -0.4 is 14.8 Å². The van der Waals surface area contributed by atoms with Crippen LogP contribution in [0.1, 0.15) is 38.8 Å². The van der Waals surface area contributed by atoms with E-state index in [0.717, 1.165) is 48.9 Å². The molecule has 0 unspecified atom stereocenters. The minimum Gasteiger partial charge on any atom is -0.456 e. The standard InChI is InChI=1S/C35H38N2O6S2/c1-6-36(7-2)26-13-16-29-32(20-26)43-33-21-27(37(8-3)9-4)14-17-30(33)35(29)31-18-15-28(22-34(31)45(40,41)42)44(38,39)23-25-12-10-11-24(5)19-25/h10-22H,6-9,23H2,1-5H3/p+1. The summed E-state index contributed by atoms with van der Waals surface area (Å²) < 4.78 is 72.0. The Balaban J connectivity index is 1.81. The summed E-state index contributed by atoms with van der Waals surface area (Å²) in [7, 11) is -8.80. The molecule has 5 rings (SSSR count). The Labute approximate surface area is 265 Å². The smallest absolute Gasteiger partial charge is 0.295 e. The number of benzene rings is 4. The molecule has 0 aromatic heterocycles. The van der Waals surface area contributed by atoms with E-state index in [1.807, 2.05) is 49.4 Å². The molecule has 0 fully saturated rings. The first-order chi connectivity index (χ1) is 21.4. The highest BCUT2D eigenvalue weighted by Crippen LogP contribution is 2.43. The highest BCUT2D eigenvalue weighted by Gasteiger charge is 2.27. The summed E-state index contributed by atoms with van der Waals surface area (Å²) in [6.07, 6.45) is 0. The summed E-state index contributed by atoms with van der Waals surface area (Å²) in [6.45, 7) is 13.3. The molecule has 0 atom stereocenters. The highest BCUT2D eigenvalue weighted by atomic mass is 32.2. The molecule has 0 saturated carbocycles. The van der Waals surface area contributed by atoms with Crippen molar-refractivity contribution in [2.45, 2.75) is 50.2 Å². The third-order valence-electron chi connectivity index (χ3n) is 8.24. The molecule has 1 aliphatic carbocycles. The van der Waals surface area contributed by atoms with E-state index in [9.17, 15) is 21.4 Å². The van der Waals surface area contributed by atoms with Gasteiger partial charge in [-0.05, 0) is 70.5 Å². The maximum Gasteiger partial charge on any atom is 0.295 e. The highest BCUT2D eigenvalue weighted by molar-refractivity contribution is 7.90. The third kappa shape index (κ3) is 6.54. The van der Waals surface area contributed by atoms with Crippen LogP contribution in [0.5, 0.6) is 0 Å². The average molecular weight is 648 g/mol. The fraction of sp³-hybridized carbons (Fsp3) is 0.286. The number of nitrogens with zero attached hydrogens (tertiary/aromatic N) is 2. The Hall–Kier alpha value is -3.99. The van der Waals surface area contributed by atoms with Crippen LogP contribution in [0.2, 0.25) is 0 Å². The molecule has 3 aromatic rings. The van der Waals surface area contributed by atoms with Crippen molar-refractivity contribution in [3.8, 4) is 22.5 Å². The van der Waals surface area contributed by atoms with Gasteiger partial charge in [0.1, 0.15) is 29.3 Å². The number of rotatable bonds is 10. The zero-order valence-electron chi connectivity index (χ0n) is 26.2. The number of hydrogen-bond acceptors (Lipinski definition) is 6. The van der Waals surface area contributed by atoms with Crippen molar-refractivity contribution in [1.29, 1.82) is 0 Å². The molecule has 8 nitrogen and oxygen atoms in total. The molecule has 45 heavy (non-hydrogen) atoms. The van der Waals surface area contributed by atoms with Crippen molar-refractivity contribution >= 4 is 36.6 Å². The molecule has 0 radical (unpaired) electrons. The summed E-state index contributed by atoms with van der Waals surface area (Å²) in [5, 5.41) is 1.59. The van der Waals surface area contributed by atoms with Crippen LogP contribution >= 0.6 is 0 Å². The van der Waals surface area contributed by atoms with Gasteiger partial charge in [0.2, 0.25) is 5.36 Å². The molecule has 236 valence electrons. The minimum atomic E-state index is -4.85. The minimum absolute atomic E-state index is 0.184. The normalized spacial score (nSPS) is 12.1. The number of aryl methyl sites for hydroxylation is 1. The predicted molar refractivity (Wildman–Crippen MR) is 180 cm³/mol. The average Bonchev–Trinajstić information content (AvgIpc) is 3.00. The summed E-state index contributed by atoms with van der Waals surface area (Å²) in [4.78, 5) is 1.51. The van der Waals surface area contributed by atoms with Gasteiger partial charge in [-0.3, -0.25) is 4.55 Å². The lowest BCUT2D eigenvalue weighted by Gasteiger charge is -2.22. The molecule has 0 bridgehead atoms. The largest absolute Gasteiger partial charge is 0.456 e. The van der Waals surface area contributed by atoms with Crippen LogP contribution in [0.15, 0.2) is 93.1 Å². The Morgan fingerprint density at radius 1 is 0.800 bits per heavy atom. The predicted octanol–water partition coefficient (Wildman–Crippen LogP) is 6.39. The number of sulfone groups is 1. The molecule has 0 spiro atoms. The van der Waals surface area contributed by atoms with Crippen LogP contribution in [-0.2, 0) is 25.7 Å². The Morgan fingerprint density at radius 3 is 2.16 bits per heavy atom. The summed E-state index contributed by atoms with van der Waals surface area (Å²) in [5.41, 5.74) is 4.34. The van der Waals surface area contributed by atoms with Gasteiger partial charge in [0.25, 0.3) is 10.1 Å². The van der Waals surface area contributed by atoms with Crippen LogP contribution in [0.3, 0.4) is 0 Å². The summed E-state index contributed by atoms with van der Waals surface area (Å²) >= 11 is 0. The fourth-order valence-electron chi connectivity index (χ4n) is 5.95. The first-order valence-corrected chi connectivity index (χ1v) is 18.2. The molecule has 0 amide bonds. The SMILES string of the molecule is CCN(CC)c1ccc2c(-c3ccc(S(=O)(=O)Cc4cccc(C)c4)cc3S(=O)(=O)O)c3ccc(=[N+](CC)CC)cc-3oc2c1. The zero-order valence-corrected chi connectivity index (χ0v) is 27.9. The first kappa shape index (κ1) is 32.4. The van der Waals surface area contributed by atoms with Gasteiger partial charge in [-0.2, -0.15) is 8.42 Å². The van der Waals surface area contributed by atoms with Gasteiger partial charge in [0.15, 0.2) is 9.84 Å². The lowest BCUT2D eigenvalue weighted by molar-refractivity contribution is 0.483. The Bertz CT molecular complexity index is 2140. The molecule has 3 aromatic carbocycles. The van der Waals surface area contributed by atoms with Gasteiger partial charge in [-0.25, -0.2) is 13.0 Å². The number of fused-ring (bicyclic) bond motifs is 2. The number of hydrogen-bond donors (Lipinski definition) is 1. The van der Waals surface area contributed by atoms with E-state index in [-0.39, 0.29) is 16.2 Å². The van der Waals surface area contributed by atoms with E-state index in [4.69, 9.17) is 4.42 Å². The van der Waals surface area contributed by atoms with Crippen molar-refractivity contribution in [3.05, 3.63) is 95.3 Å². The van der Waals surface area contributed by atoms with Crippen LogP contribution in [0.4, 0.5) is 5.69 Å². The molecule has 2 aliphatic rings. The number of anilines is 1. The van der Waals surface area contributed by atoms with Gasteiger partial charge in [-0.15, -0.1) is 0 Å². The van der Waals surface area contributed by atoms with Gasteiger partial charge in [-0.1, -0.05) is 35.9 Å². The van der Waals surface area contributed by atoms with Gasteiger partial charge in [0, 0.05) is 53.0 Å². The molecule has 0 saturated heterocycles. The maximum absolute atomic E-state index is 13.5. The molecule has 10 heteroatoms. The molecule has 1 heterocycles. The second kappa shape index (κ2) is 12.8. The van der Waals surface area contributed by atoms with E-state index in [1.165, 1.54) is 12.1 Å². The zero-order chi connectivity index (χ0) is 32.5. The van der Waals surface area contributed by atoms with E-state index in [0.29, 0.717) is 33.4 Å². The van der Waals surface area contributed by atoms with Crippen molar-refractivity contribution < 1.29 is 25.8 Å². The second-order valence-electron chi connectivity index (χ2n) is 11.1. The summed E-state index contributed by atoms with van der Waals surface area (Å²) in [5.74, 6) is 0.230. The Morgan fingerprint density at radius 2 is 1.51 bits per heavy atom. The van der Waals surface area contributed by atoms with Crippen LogP contribution in [0.25, 0.3) is 33.4 Å². The van der Waals surface area contributed by atoms with Crippen LogP contribution in [-0.4, -0.2) is 47.6 Å². The third-order valence-corrected chi connectivity index (χ3v) is 10.8. The van der Waals surface area contributed by atoms with Crippen molar-refractivity contribution in [3.63, 3.8) is 0 Å². The Kier molecular flexibility index (Phi) is 9.21. The van der Waals surface area contributed by atoms with E-state index < -0.39 is 24.9 Å². The van der Waals surface area contributed by atoms with Gasteiger partial charge in [0.05, 0.1) is 16.7 Å². The monoisotopic (exact) mass is 647 g/mol. The lowest BCUT2D eigenvalue weighted by atomic mass is 9.93. The molecular weight excluding hydrogens is 609 g/mol. The first-order valence-electron chi connectivity index (χ1n) is 15.1. The molecule has 1 N–H and O–H groups in total. The quantitative estimate of drug-likeness (QED) is 0.106. The van der Waals surface area contributed by atoms with Crippen molar-refractivity contribution in [2.24, 2.45) is 0 Å². The maximum atomic E-state index is 13.5. The van der Waals surface area contributed by atoms with Gasteiger partial charge < -0.3 is 9.32 Å². The van der Waals surface area contributed by atoms with Crippen molar-refractivity contribution in [2.75, 3.05) is 31.1 Å². The summed E-state index contributed by atoms with van der Waals surface area (Å²) in [6, 6.07) is 22.6. The second-order valence-corrected chi connectivity index (χ2v) is 14.4. The van der Waals surface area contributed by atoms with E-state index in [2.05, 4.69) is 37.2 Å². The lowest BCUT2D eigenvalue weighted by Crippen LogP contribution is -2.29. The fourth-order valence-corrected chi connectivity index (χ4v) is 8.11. The van der Waals surface area contributed by atoms with Crippen molar-refractivity contribution in [1.82, 2.24) is 4.58 Å². The van der Waals surface area contributed by atoms with Gasteiger partial charge >= 0.3 is 0 Å². The van der Waals surface area contributed by atoms with E-state index in [1.54, 1.807) is 18.2 Å². The topological polar surface area (TPSA) is 108 Å². The molecule has 1 aliphatic heterocycles. The van der Waals surface area contributed by atoms with E-state index >= 15 is 0 Å². The van der Waals surface area contributed by atoms with Crippen LogP contribution in [0, 0.1) is 6.92 Å². The molecular formula is C35H39N2O6S2+.